The second-order valence-corrected chi connectivity index (χ2v) is 7.16. The van der Waals surface area contributed by atoms with Gasteiger partial charge in [-0.25, -0.2) is 9.98 Å². The first-order valence-electron chi connectivity index (χ1n) is 8.03. The first kappa shape index (κ1) is 21.9. The molecule has 138 valence electrons. The van der Waals surface area contributed by atoms with Crippen LogP contribution in [0, 0.1) is 0 Å². The van der Waals surface area contributed by atoms with E-state index in [4.69, 9.17) is 0 Å². The molecule has 6 nitrogen and oxygen atoms in total. The highest BCUT2D eigenvalue weighted by molar-refractivity contribution is 14.0. The van der Waals surface area contributed by atoms with Gasteiger partial charge >= 0.3 is 0 Å². The van der Waals surface area contributed by atoms with Crippen molar-refractivity contribution in [2.45, 2.75) is 32.7 Å². The van der Waals surface area contributed by atoms with Gasteiger partial charge in [-0.15, -0.1) is 24.0 Å². The van der Waals surface area contributed by atoms with E-state index in [1.54, 1.807) is 11.0 Å². The van der Waals surface area contributed by atoms with Gasteiger partial charge in [0, 0.05) is 30.0 Å². The quantitative estimate of drug-likeness (QED) is 0.348. The summed E-state index contributed by atoms with van der Waals surface area (Å²) in [5, 5.41) is 10.8. The van der Waals surface area contributed by atoms with Crippen LogP contribution in [0.4, 0.5) is 0 Å². The fraction of sp³-hybridized carbons (Fsp3) is 0.471. The van der Waals surface area contributed by atoms with Crippen LogP contribution >= 0.6 is 39.9 Å². The molecule has 0 fully saturated rings. The Labute approximate surface area is 175 Å². The molecule has 2 N–H and O–H groups in total. The molecule has 1 heterocycles. The molecule has 0 atom stereocenters. The van der Waals surface area contributed by atoms with E-state index in [2.05, 4.69) is 86.7 Å². The summed E-state index contributed by atoms with van der Waals surface area (Å²) >= 11 is 3.48. The van der Waals surface area contributed by atoms with Gasteiger partial charge in [-0.1, -0.05) is 41.9 Å². The third-order valence-electron chi connectivity index (χ3n) is 3.85. The molecule has 0 aliphatic heterocycles. The normalized spacial score (nSPS) is 11.8. The van der Waals surface area contributed by atoms with Crippen LogP contribution < -0.4 is 10.6 Å². The second kappa shape index (κ2) is 10.1. The third-order valence-corrected chi connectivity index (χ3v) is 4.38. The zero-order chi connectivity index (χ0) is 17.6. The van der Waals surface area contributed by atoms with Crippen molar-refractivity contribution in [1.29, 1.82) is 0 Å². The van der Waals surface area contributed by atoms with Gasteiger partial charge in [0.1, 0.15) is 18.7 Å². The molecule has 0 aliphatic carbocycles. The molecular weight excluding hydrogens is 495 g/mol. The Balaban J connectivity index is 0.00000312. The standard InChI is InChI=1S/C17H25BrN6.HI/c1-5-19-16(20-10-15-22-12-23-24(15)4)21-11-17(2,3)13-6-8-14(18)9-7-13;/h6-9,12H,5,10-11H2,1-4H3,(H2,19,20,21);1H. The number of rotatable bonds is 6. The van der Waals surface area contributed by atoms with E-state index >= 15 is 0 Å². The van der Waals surface area contributed by atoms with Crippen molar-refractivity contribution >= 4 is 45.9 Å². The number of hydrogen-bond donors (Lipinski definition) is 2. The number of benzene rings is 1. The molecule has 0 radical (unpaired) electrons. The molecule has 0 unspecified atom stereocenters. The highest BCUT2D eigenvalue weighted by Crippen LogP contribution is 2.23. The van der Waals surface area contributed by atoms with Gasteiger partial charge in [0.25, 0.3) is 0 Å². The average molecular weight is 521 g/mol. The van der Waals surface area contributed by atoms with Gasteiger partial charge in [0.15, 0.2) is 5.96 Å². The summed E-state index contributed by atoms with van der Waals surface area (Å²) in [5.41, 5.74) is 1.27. The highest BCUT2D eigenvalue weighted by atomic mass is 127. The molecule has 0 bridgehead atoms. The van der Waals surface area contributed by atoms with E-state index in [0.717, 1.165) is 29.3 Å². The van der Waals surface area contributed by atoms with E-state index in [1.807, 2.05) is 7.05 Å². The largest absolute Gasteiger partial charge is 0.357 e. The van der Waals surface area contributed by atoms with Crippen LogP contribution in [-0.2, 0) is 19.0 Å². The molecule has 0 aliphatic rings. The predicted molar refractivity (Wildman–Crippen MR) is 116 cm³/mol. The van der Waals surface area contributed by atoms with Crippen molar-refractivity contribution < 1.29 is 0 Å². The molecule has 1 aromatic heterocycles. The molecule has 0 spiro atoms. The minimum atomic E-state index is -0.0122. The van der Waals surface area contributed by atoms with Crippen molar-refractivity contribution in [3.63, 3.8) is 0 Å². The first-order valence-corrected chi connectivity index (χ1v) is 8.83. The Morgan fingerprint density at radius 1 is 1.24 bits per heavy atom. The van der Waals surface area contributed by atoms with Crippen LogP contribution in [-0.4, -0.2) is 33.8 Å². The fourth-order valence-electron chi connectivity index (χ4n) is 2.26. The number of nitrogens with one attached hydrogen (secondary N) is 2. The molecule has 2 aromatic rings. The molecule has 0 amide bonds. The van der Waals surface area contributed by atoms with E-state index in [1.165, 1.54) is 5.56 Å². The van der Waals surface area contributed by atoms with E-state index in [-0.39, 0.29) is 29.4 Å². The molecule has 25 heavy (non-hydrogen) atoms. The summed E-state index contributed by atoms with van der Waals surface area (Å²) in [6, 6.07) is 8.44. The van der Waals surface area contributed by atoms with Gasteiger partial charge in [-0.05, 0) is 24.6 Å². The number of halogens is 2. The summed E-state index contributed by atoms with van der Waals surface area (Å²) in [6.07, 6.45) is 1.54. The molecule has 0 saturated heterocycles. The van der Waals surface area contributed by atoms with Crippen molar-refractivity contribution in [3.8, 4) is 0 Å². The third kappa shape index (κ3) is 6.58. The summed E-state index contributed by atoms with van der Waals surface area (Å²) in [4.78, 5) is 8.79. The average Bonchev–Trinajstić information content (AvgIpc) is 2.96. The smallest absolute Gasteiger partial charge is 0.191 e. The van der Waals surface area contributed by atoms with Gasteiger partial charge < -0.3 is 10.6 Å². The maximum atomic E-state index is 4.59. The molecule has 0 saturated carbocycles. The summed E-state index contributed by atoms with van der Waals surface area (Å²) in [5.74, 6) is 1.62. The Hall–Kier alpha value is -1.16. The van der Waals surface area contributed by atoms with Crippen LogP contribution in [0.25, 0.3) is 0 Å². The molecule has 2 rings (SSSR count). The Bertz CT molecular complexity index is 681. The summed E-state index contributed by atoms with van der Waals surface area (Å²) in [6.45, 7) is 8.57. The number of guanidine groups is 1. The van der Waals surface area contributed by atoms with Crippen molar-refractivity contribution in [1.82, 2.24) is 25.4 Å². The Morgan fingerprint density at radius 3 is 2.48 bits per heavy atom. The van der Waals surface area contributed by atoms with Gasteiger partial charge in [-0.2, -0.15) is 5.10 Å². The van der Waals surface area contributed by atoms with Gasteiger partial charge in [0.2, 0.25) is 0 Å². The van der Waals surface area contributed by atoms with Crippen LogP contribution in [0.1, 0.15) is 32.2 Å². The first-order chi connectivity index (χ1) is 11.4. The lowest BCUT2D eigenvalue weighted by Gasteiger charge is -2.27. The number of aliphatic imine (C=N–C) groups is 1. The summed E-state index contributed by atoms with van der Waals surface area (Å²) in [7, 11) is 1.87. The minimum Gasteiger partial charge on any atom is -0.357 e. The number of aromatic nitrogens is 3. The highest BCUT2D eigenvalue weighted by Gasteiger charge is 2.20. The SMILES string of the molecule is CCNC(=NCc1ncnn1C)NCC(C)(C)c1ccc(Br)cc1.I. The van der Waals surface area contributed by atoms with Crippen molar-refractivity contribution in [2.75, 3.05) is 13.1 Å². The zero-order valence-electron chi connectivity index (χ0n) is 15.1. The lowest BCUT2D eigenvalue weighted by molar-refractivity contribution is 0.508. The lowest BCUT2D eigenvalue weighted by atomic mass is 9.85. The maximum absolute atomic E-state index is 4.59. The predicted octanol–water partition coefficient (Wildman–Crippen LogP) is 3.23. The maximum Gasteiger partial charge on any atom is 0.191 e. The topological polar surface area (TPSA) is 67.1 Å². The van der Waals surface area contributed by atoms with Crippen LogP contribution in [0.15, 0.2) is 40.1 Å². The number of nitrogens with zero attached hydrogens (tertiary/aromatic N) is 4. The molecule has 1 aromatic carbocycles. The Morgan fingerprint density at radius 2 is 1.92 bits per heavy atom. The second-order valence-electron chi connectivity index (χ2n) is 6.24. The Kier molecular flexibility index (Phi) is 8.84. The lowest BCUT2D eigenvalue weighted by Crippen LogP contribution is -2.43. The van der Waals surface area contributed by atoms with Crippen molar-refractivity contribution in [2.24, 2.45) is 12.0 Å². The zero-order valence-corrected chi connectivity index (χ0v) is 19.0. The van der Waals surface area contributed by atoms with E-state index in [9.17, 15) is 0 Å². The minimum absolute atomic E-state index is 0. The van der Waals surface area contributed by atoms with Crippen molar-refractivity contribution in [3.05, 3.63) is 46.5 Å². The van der Waals surface area contributed by atoms with Crippen LogP contribution in [0.3, 0.4) is 0 Å². The van der Waals surface area contributed by atoms with Gasteiger partial charge in [-0.3, -0.25) is 4.68 Å². The van der Waals surface area contributed by atoms with Crippen LogP contribution in [0.2, 0.25) is 0 Å². The number of aryl methyl sites for hydroxylation is 1. The monoisotopic (exact) mass is 520 g/mol. The van der Waals surface area contributed by atoms with E-state index in [0.29, 0.717) is 6.54 Å². The molecular formula is C17H26BrIN6. The van der Waals surface area contributed by atoms with Crippen LogP contribution in [0.5, 0.6) is 0 Å². The van der Waals surface area contributed by atoms with E-state index < -0.39 is 0 Å². The molecule has 8 heteroatoms. The number of hydrogen-bond acceptors (Lipinski definition) is 3. The summed E-state index contributed by atoms with van der Waals surface area (Å²) < 4.78 is 2.83. The fourth-order valence-corrected chi connectivity index (χ4v) is 2.53. The van der Waals surface area contributed by atoms with Gasteiger partial charge in [0.05, 0.1) is 0 Å².